The first kappa shape index (κ1) is 12.7. The average Bonchev–Trinajstić information content (AvgIpc) is 2.79. The number of aryl methyl sites for hydroxylation is 1. The van der Waals surface area contributed by atoms with Gasteiger partial charge in [0.25, 0.3) is 0 Å². The number of fused-ring (bicyclic) bond motifs is 3. The zero-order valence-corrected chi connectivity index (χ0v) is 11.5. The number of rotatable bonds is 4. The standard InChI is InChI=1S/C17H17NO2/c1-2-3-10-18-14-7-5-4-6-12(14)17-13(11-19)16(20)9-8-15(17)18/h4-9,11,20H,2-3,10H2,1H3. The first-order valence-corrected chi connectivity index (χ1v) is 6.96. The summed E-state index contributed by atoms with van der Waals surface area (Å²) in [5.74, 6) is 0.0471. The lowest BCUT2D eigenvalue weighted by Crippen LogP contribution is -1.97. The van der Waals surface area contributed by atoms with Gasteiger partial charge >= 0.3 is 0 Å². The van der Waals surface area contributed by atoms with E-state index < -0.39 is 0 Å². The fourth-order valence-corrected chi connectivity index (χ4v) is 2.83. The van der Waals surface area contributed by atoms with Gasteiger partial charge in [-0.05, 0) is 24.6 Å². The van der Waals surface area contributed by atoms with E-state index in [0.717, 1.165) is 47.5 Å². The molecule has 20 heavy (non-hydrogen) atoms. The molecule has 3 nitrogen and oxygen atoms in total. The van der Waals surface area contributed by atoms with Crippen molar-refractivity contribution in [2.75, 3.05) is 0 Å². The number of unbranched alkanes of at least 4 members (excludes halogenated alkanes) is 1. The van der Waals surface area contributed by atoms with Gasteiger partial charge in [-0.25, -0.2) is 0 Å². The Hall–Kier alpha value is -2.29. The lowest BCUT2D eigenvalue weighted by molar-refractivity contribution is 0.112. The minimum absolute atomic E-state index is 0.0471. The summed E-state index contributed by atoms with van der Waals surface area (Å²) in [6.45, 7) is 3.08. The molecular formula is C17H17NO2. The van der Waals surface area contributed by atoms with Crippen LogP contribution < -0.4 is 0 Å². The molecule has 3 aromatic rings. The van der Waals surface area contributed by atoms with E-state index in [1.54, 1.807) is 6.07 Å². The highest BCUT2D eigenvalue weighted by Gasteiger charge is 2.15. The fraction of sp³-hybridized carbons (Fsp3) is 0.235. The minimum Gasteiger partial charge on any atom is -0.507 e. The Morgan fingerprint density at radius 3 is 2.70 bits per heavy atom. The van der Waals surface area contributed by atoms with Gasteiger partial charge < -0.3 is 9.67 Å². The van der Waals surface area contributed by atoms with Crippen LogP contribution in [0.25, 0.3) is 21.8 Å². The number of aldehydes is 1. The summed E-state index contributed by atoms with van der Waals surface area (Å²) >= 11 is 0. The van der Waals surface area contributed by atoms with Crippen molar-refractivity contribution in [2.24, 2.45) is 0 Å². The molecule has 0 saturated carbocycles. The van der Waals surface area contributed by atoms with Gasteiger partial charge in [-0.2, -0.15) is 0 Å². The van der Waals surface area contributed by atoms with Crippen LogP contribution in [0.4, 0.5) is 0 Å². The predicted octanol–water partition coefficient (Wildman–Crippen LogP) is 4.11. The molecule has 0 amide bonds. The molecule has 0 radical (unpaired) electrons. The monoisotopic (exact) mass is 267 g/mol. The molecule has 1 aromatic heterocycles. The van der Waals surface area contributed by atoms with Crippen LogP contribution in [-0.4, -0.2) is 16.0 Å². The van der Waals surface area contributed by atoms with Crippen molar-refractivity contribution < 1.29 is 9.90 Å². The van der Waals surface area contributed by atoms with Crippen LogP contribution in [0.3, 0.4) is 0 Å². The fourth-order valence-electron chi connectivity index (χ4n) is 2.83. The van der Waals surface area contributed by atoms with E-state index in [2.05, 4.69) is 17.6 Å². The van der Waals surface area contributed by atoms with Crippen LogP contribution in [0.1, 0.15) is 30.1 Å². The van der Waals surface area contributed by atoms with Gasteiger partial charge in [0.1, 0.15) is 5.75 Å². The van der Waals surface area contributed by atoms with Crippen molar-refractivity contribution >= 4 is 28.1 Å². The molecule has 3 heteroatoms. The number of phenols is 1. The normalized spacial score (nSPS) is 11.2. The van der Waals surface area contributed by atoms with Crippen molar-refractivity contribution in [3.8, 4) is 5.75 Å². The molecule has 0 fully saturated rings. The maximum Gasteiger partial charge on any atom is 0.154 e. The first-order chi connectivity index (χ1) is 9.77. The van der Waals surface area contributed by atoms with Gasteiger partial charge in [0.2, 0.25) is 0 Å². The molecular weight excluding hydrogens is 250 g/mol. The zero-order valence-electron chi connectivity index (χ0n) is 11.5. The Morgan fingerprint density at radius 2 is 1.95 bits per heavy atom. The Labute approximate surface area is 117 Å². The minimum atomic E-state index is 0.0471. The molecule has 0 spiro atoms. The second-order valence-electron chi connectivity index (χ2n) is 5.03. The summed E-state index contributed by atoms with van der Waals surface area (Å²) in [6, 6.07) is 11.5. The van der Waals surface area contributed by atoms with Crippen molar-refractivity contribution in [1.82, 2.24) is 4.57 Å². The van der Waals surface area contributed by atoms with E-state index in [9.17, 15) is 9.90 Å². The van der Waals surface area contributed by atoms with Crippen molar-refractivity contribution in [1.29, 1.82) is 0 Å². The third kappa shape index (κ3) is 1.78. The first-order valence-electron chi connectivity index (χ1n) is 6.96. The number of carbonyl (C=O) groups is 1. The summed E-state index contributed by atoms with van der Waals surface area (Å²) in [7, 11) is 0. The van der Waals surface area contributed by atoms with Crippen molar-refractivity contribution in [3.05, 3.63) is 42.0 Å². The van der Waals surface area contributed by atoms with E-state index in [0.29, 0.717) is 5.56 Å². The van der Waals surface area contributed by atoms with Crippen molar-refractivity contribution in [3.63, 3.8) is 0 Å². The molecule has 2 aromatic carbocycles. The zero-order chi connectivity index (χ0) is 14.1. The number of carbonyl (C=O) groups excluding carboxylic acids is 1. The van der Waals surface area contributed by atoms with Gasteiger partial charge in [-0.15, -0.1) is 0 Å². The number of aromatic nitrogens is 1. The highest BCUT2D eigenvalue weighted by molar-refractivity contribution is 6.15. The van der Waals surface area contributed by atoms with E-state index in [1.807, 2.05) is 24.3 Å². The highest BCUT2D eigenvalue weighted by atomic mass is 16.3. The van der Waals surface area contributed by atoms with E-state index in [1.165, 1.54) is 0 Å². The van der Waals surface area contributed by atoms with Crippen molar-refractivity contribution in [2.45, 2.75) is 26.3 Å². The molecule has 102 valence electrons. The number of nitrogens with zero attached hydrogens (tertiary/aromatic N) is 1. The molecule has 1 N–H and O–H groups in total. The van der Waals surface area contributed by atoms with Crippen LogP contribution in [0.15, 0.2) is 36.4 Å². The largest absolute Gasteiger partial charge is 0.507 e. The average molecular weight is 267 g/mol. The van der Waals surface area contributed by atoms with Gasteiger partial charge in [0.15, 0.2) is 6.29 Å². The smallest absolute Gasteiger partial charge is 0.154 e. The molecule has 0 aliphatic rings. The lowest BCUT2D eigenvalue weighted by Gasteiger charge is -2.06. The second kappa shape index (κ2) is 5.00. The maximum atomic E-state index is 11.3. The molecule has 0 aliphatic carbocycles. The van der Waals surface area contributed by atoms with Gasteiger partial charge in [-0.1, -0.05) is 31.5 Å². The van der Waals surface area contributed by atoms with Gasteiger partial charge in [0, 0.05) is 22.8 Å². The summed E-state index contributed by atoms with van der Waals surface area (Å²) in [5, 5.41) is 11.8. The third-order valence-electron chi connectivity index (χ3n) is 3.81. The molecule has 1 heterocycles. The summed E-state index contributed by atoms with van der Waals surface area (Å²) < 4.78 is 2.24. The highest BCUT2D eigenvalue weighted by Crippen LogP contribution is 2.34. The SMILES string of the molecule is CCCCn1c2ccccc2c2c(C=O)c(O)ccc21. The van der Waals surface area contributed by atoms with Crippen LogP contribution in [0, 0.1) is 0 Å². The van der Waals surface area contributed by atoms with Gasteiger partial charge in [0.05, 0.1) is 11.1 Å². The number of para-hydroxylation sites is 1. The summed E-state index contributed by atoms with van der Waals surface area (Å²) in [4.78, 5) is 11.3. The molecule has 3 rings (SSSR count). The topological polar surface area (TPSA) is 42.2 Å². The van der Waals surface area contributed by atoms with Crippen LogP contribution in [0.2, 0.25) is 0 Å². The number of benzene rings is 2. The predicted molar refractivity (Wildman–Crippen MR) is 81.4 cm³/mol. The lowest BCUT2D eigenvalue weighted by atomic mass is 10.1. The second-order valence-corrected chi connectivity index (χ2v) is 5.03. The molecule has 0 aliphatic heterocycles. The van der Waals surface area contributed by atoms with E-state index in [-0.39, 0.29) is 5.75 Å². The molecule has 0 atom stereocenters. The van der Waals surface area contributed by atoms with Gasteiger partial charge in [-0.3, -0.25) is 4.79 Å². The quantitative estimate of drug-likeness (QED) is 0.723. The Morgan fingerprint density at radius 1 is 1.15 bits per heavy atom. The number of phenolic OH excluding ortho intramolecular Hbond substituents is 1. The van der Waals surface area contributed by atoms with E-state index in [4.69, 9.17) is 0 Å². The van der Waals surface area contributed by atoms with Crippen LogP contribution in [0.5, 0.6) is 5.75 Å². The Kier molecular flexibility index (Phi) is 3.18. The molecule has 0 bridgehead atoms. The van der Waals surface area contributed by atoms with Crippen LogP contribution >= 0.6 is 0 Å². The maximum absolute atomic E-state index is 11.3. The summed E-state index contributed by atoms with van der Waals surface area (Å²) in [5.41, 5.74) is 2.51. The summed E-state index contributed by atoms with van der Waals surface area (Å²) in [6.07, 6.45) is 2.95. The Balaban J connectivity index is 2.44. The molecule has 0 saturated heterocycles. The number of aromatic hydroxyl groups is 1. The van der Waals surface area contributed by atoms with Crippen LogP contribution in [-0.2, 0) is 6.54 Å². The third-order valence-corrected chi connectivity index (χ3v) is 3.81. The molecule has 0 unspecified atom stereocenters. The van der Waals surface area contributed by atoms with E-state index >= 15 is 0 Å². The number of hydrogen-bond donors (Lipinski definition) is 1. The number of hydrogen-bond acceptors (Lipinski definition) is 2. The Bertz CT molecular complexity index is 786.